The molecule has 4 aromatic rings. The second-order valence-corrected chi connectivity index (χ2v) is 7.12. The van der Waals surface area contributed by atoms with Crippen LogP contribution in [0.1, 0.15) is 11.4 Å². The molecule has 2 aromatic heterocycles. The van der Waals surface area contributed by atoms with Gasteiger partial charge in [-0.3, -0.25) is 4.79 Å². The lowest BCUT2D eigenvalue weighted by Crippen LogP contribution is -2.14. The molecule has 0 unspecified atom stereocenters. The van der Waals surface area contributed by atoms with Gasteiger partial charge in [0, 0.05) is 29.6 Å². The standard InChI is InChI=1S/C20H18N4OS/c1-14-22-18(12-26-14)15-6-8-16(9-7-15)23-20(25)10-11-24-13-21-17-4-2-3-5-19(17)24/h2-9,12-13H,10-11H2,1H3,(H,23,25). The molecule has 1 N–H and O–H groups in total. The highest BCUT2D eigenvalue weighted by Gasteiger charge is 2.07. The fraction of sp³-hybridized carbons (Fsp3) is 0.150. The van der Waals surface area contributed by atoms with Crippen LogP contribution in [0.2, 0.25) is 0 Å². The Balaban J connectivity index is 1.37. The molecule has 0 aliphatic rings. The molecule has 0 bridgehead atoms. The van der Waals surface area contributed by atoms with Gasteiger partial charge in [0.15, 0.2) is 0 Å². The minimum Gasteiger partial charge on any atom is -0.330 e. The van der Waals surface area contributed by atoms with E-state index in [9.17, 15) is 4.79 Å². The highest BCUT2D eigenvalue weighted by Crippen LogP contribution is 2.23. The van der Waals surface area contributed by atoms with Crippen molar-refractivity contribution in [3.05, 3.63) is 65.2 Å². The molecule has 0 atom stereocenters. The Morgan fingerprint density at radius 1 is 1.15 bits per heavy atom. The van der Waals surface area contributed by atoms with Gasteiger partial charge in [-0.05, 0) is 31.2 Å². The van der Waals surface area contributed by atoms with Gasteiger partial charge >= 0.3 is 0 Å². The predicted molar refractivity (Wildman–Crippen MR) is 105 cm³/mol. The summed E-state index contributed by atoms with van der Waals surface area (Å²) in [4.78, 5) is 21.1. The van der Waals surface area contributed by atoms with Gasteiger partial charge in [0.2, 0.25) is 5.91 Å². The number of thiazole rings is 1. The van der Waals surface area contributed by atoms with E-state index in [1.807, 2.05) is 65.4 Å². The highest BCUT2D eigenvalue weighted by molar-refractivity contribution is 7.09. The Hall–Kier alpha value is -2.99. The van der Waals surface area contributed by atoms with Crippen molar-refractivity contribution in [3.63, 3.8) is 0 Å². The van der Waals surface area contributed by atoms with Crippen LogP contribution in [0.15, 0.2) is 60.2 Å². The summed E-state index contributed by atoms with van der Waals surface area (Å²) in [6.07, 6.45) is 2.18. The normalized spacial score (nSPS) is 11.0. The van der Waals surface area contributed by atoms with E-state index in [1.165, 1.54) is 0 Å². The van der Waals surface area contributed by atoms with Crippen molar-refractivity contribution in [3.8, 4) is 11.3 Å². The number of amides is 1. The van der Waals surface area contributed by atoms with E-state index >= 15 is 0 Å². The SMILES string of the molecule is Cc1nc(-c2ccc(NC(=O)CCn3cnc4ccccc43)cc2)cs1. The first-order valence-corrected chi connectivity index (χ1v) is 9.29. The first kappa shape index (κ1) is 16.5. The van der Waals surface area contributed by atoms with Gasteiger partial charge in [0.25, 0.3) is 0 Å². The van der Waals surface area contributed by atoms with E-state index in [2.05, 4.69) is 15.3 Å². The quantitative estimate of drug-likeness (QED) is 0.569. The number of anilines is 1. The van der Waals surface area contributed by atoms with E-state index < -0.39 is 0 Å². The summed E-state index contributed by atoms with van der Waals surface area (Å²) in [5, 5.41) is 6.03. The molecule has 6 heteroatoms. The minimum atomic E-state index is -0.0139. The molecular formula is C20H18N4OS. The minimum absolute atomic E-state index is 0.0139. The third kappa shape index (κ3) is 3.50. The summed E-state index contributed by atoms with van der Waals surface area (Å²) >= 11 is 1.63. The molecule has 0 saturated heterocycles. The molecule has 2 heterocycles. The number of aromatic nitrogens is 3. The fourth-order valence-corrected chi connectivity index (χ4v) is 3.48. The molecule has 0 saturated carbocycles. The van der Waals surface area contributed by atoms with Crippen LogP contribution in [0.5, 0.6) is 0 Å². The van der Waals surface area contributed by atoms with Gasteiger partial charge in [-0.2, -0.15) is 0 Å². The monoisotopic (exact) mass is 362 g/mol. The van der Waals surface area contributed by atoms with Crippen LogP contribution in [0.4, 0.5) is 5.69 Å². The molecule has 0 aliphatic heterocycles. The van der Waals surface area contributed by atoms with Crippen molar-refractivity contribution < 1.29 is 4.79 Å². The number of carbonyl (C=O) groups excluding carboxylic acids is 1. The third-order valence-electron chi connectivity index (χ3n) is 4.19. The molecular weight excluding hydrogens is 344 g/mol. The zero-order valence-corrected chi connectivity index (χ0v) is 15.2. The molecule has 0 spiro atoms. The van der Waals surface area contributed by atoms with Crippen LogP contribution in [-0.2, 0) is 11.3 Å². The van der Waals surface area contributed by atoms with Gasteiger partial charge < -0.3 is 9.88 Å². The number of para-hydroxylation sites is 2. The molecule has 26 heavy (non-hydrogen) atoms. The Morgan fingerprint density at radius 2 is 1.96 bits per heavy atom. The Labute approximate surface area is 155 Å². The maximum absolute atomic E-state index is 12.2. The van der Waals surface area contributed by atoms with Gasteiger partial charge in [-0.1, -0.05) is 24.3 Å². The van der Waals surface area contributed by atoms with Crippen LogP contribution in [0, 0.1) is 6.92 Å². The summed E-state index contributed by atoms with van der Waals surface area (Å²) in [5.74, 6) is -0.0139. The lowest BCUT2D eigenvalue weighted by atomic mass is 10.1. The van der Waals surface area contributed by atoms with Crippen LogP contribution in [0.25, 0.3) is 22.3 Å². The maximum Gasteiger partial charge on any atom is 0.226 e. The molecule has 0 radical (unpaired) electrons. The summed E-state index contributed by atoms with van der Waals surface area (Å²) in [6, 6.07) is 15.7. The lowest BCUT2D eigenvalue weighted by molar-refractivity contribution is -0.116. The number of hydrogen-bond acceptors (Lipinski definition) is 4. The van der Waals surface area contributed by atoms with Crippen LogP contribution in [0.3, 0.4) is 0 Å². The van der Waals surface area contributed by atoms with Crippen molar-refractivity contribution >= 4 is 34.0 Å². The van der Waals surface area contributed by atoms with E-state index in [0.717, 1.165) is 33.0 Å². The highest BCUT2D eigenvalue weighted by atomic mass is 32.1. The number of nitrogens with zero attached hydrogens (tertiary/aromatic N) is 3. The van der Waals surface area contributed by atoms with Crippen molar-refractivity contribution in [1.29, 1.82) is 0 Å². The molecule has 5 nitrogen and oxygen atoms in total. The average Bonchev–Trinajstić information content (AvgIpc) is 3.27. The molecule has 0 fully saturated rings. The lowest BCUT2D eigenvalue weighted by Gasteiger charge is -2.07. The summed E-state index contributed by atoms with van der Waals surface area (Å²) < 4.78 is 2.00. The number of nitrogens with one attached hydrogen (secondary N) is 1. The fourth-order valence-electron chi connectivity index (χ4n) is 2.85. The van der Waals surface area contributed by atoms with Crippen molar-refractivity contribution in [1.82, 2.24) is 14.5 Å². The summed E-state index contributed by atoms with van der Waals surface area (Å²) in [7, 11) is 0. The Bertz CT molecular complexity index is 1050. The third-order valence-corrected chi connectivity index (χ3v) is 4.96. The summed E-state index contributed by atoms with van der Waals surface area (Å²) in [5.41, 5.74) is 4.81. The smallest absolute Gasteiger partial charge is 0.226 e. The number of rotatable bonds is 5. The van der Waals surface area contributed by atoms with Crippen molar-refractivity contribution in [2.24, 2.45) is 0 Å². The first-order valence-electron chi connectivity index (χ1n) is 8.41. The molecule has 4 rings (SSSR count). The number of benzene rings is 2. The molecule has 0 aliphatic carbocycles. The topological polar surface area (TPSA) is 59.8 Å². The second kappa shape index (κ2) is 7.09. The summed E-state index contributed by atoms with van der Waals surface area (Å²) in [6.45, 7) is 2.59. The van der Waals surface area contributed by atoms with E-state index in [4.69, 9.17) is 0 Å². The first-order chi connectivity index (χ1) is 12.7. The number of fused-ring (bicyclic) bond motifs is 1. The maximum atomic E-state index is 12.2. The zero-order chi connectivity index (χ0) is 17.9. The van der Waals surface area contributed by atoms with Crippen LogP contribution < -0.4 is 5.32 Å². The zero-order valence-electron chi connectivity index (χ0n) is 14.3. The number of hydrogen-bond donors (Lipinski definition) is 1. The largest absolute Gasteiger partial charge is 0.330 e. The predicted octanol–water partition coefficient (Wildman–Crippen LogP) is 4.50. The van der Waals surface area contributed by atoms with Gasteiger partial charge in [0.1, 0.15) is 0 Å². The van der Waals surface area contributed by atoms with E-state index in [0.29, 0.717) is 13.0 Å². The van der Waals surface area contributed by atoms with Crippen LogP contribution >= 0.6 is 11.3 Å². The molecule has 1 amide bonds. The van der Waals surface area contributed by atoms with Crippen molar-refractivity contribution in [2.75, 3.05) is 5.32 Å². The van der Waals surface area contributed by atoms with Gasteiger partial charge in [0.05, 0.1) is 28.1 Å². The number of carbonyl (C=O) groups is 1. The van der Waals surface area contributed by atoms with Gasteiger partial charge in [-0.15, -0.1) is 11.3 Å². The van der Waals surface area contributed by atoms with E-state index in [-0.39, 0.29) is 5.91 Å². The number of aryl methyl sites for hydroxylation is 2. The number of imidazole rings is 1. The van der Waals surface area contributed by atoms with Crippen LogP contribution in [-0.4, -0.2) is 20.4 Å². The average molecular weight is 362 g/mol. The van der Waals surface area contributed by atoms with Crippen molar-refractivity contribution in [2.45, 2.75) is 19.9 Å². The molecule has 2 aromatic carbocycles. The Morgan fingerprint density at radius 3 is 2.73 bits per heavy atom. The molecule has 130 valence electrons. The Kier molecular flexibility index (Phi) is 4.50. The van der Waals surface area contributed by atoms with Gasteiger partial charge in [-0.25, -0.2) is 9.97 Å². The second-order valence-electron chi connectivity index (χ2n) is 6.05. The van der Waals surface area contributed by atoms with E-state index in [1.54, 1.807) is 17.7 Å².